The normalized spacial score (nSPS) is 25.6. The highest BCUT2D eigenvalue weighted by Gasteiger charge is 2.34. The van der Waals surface area contributed by atoms with Crippen LogP contribution in [0, 0.1) is 0 Å². The number of nitrogens with zero attached hydrogens (tertiary/aromatic N) is 1. The maximum atomic E-state index is 12.4. The van der Waals surface area contributed by atoms with Crippen molar-refractivity contribution in [2.75, 3.05) is 25.9 Å². The van der Waals surface area contributed by atoms with Crippen molar-refractivity contribution in [2.45, 2.75) is 37.8 Å². The Morgan fingerprint density at radius 3 is 2.67 bits per heavy atom. The van der Waals surface area contributed by atoms with Crippen molar-refractivity contribution in [3.05, 3.63) is 0 Å². The summed E-state index contributed by atoms with van der Waals surface area (Å²) in [5.41, 5.74) is -2.09. The number of hydrogen-bond donors (Lipinski definition) is 2. The second-order valence-electron chi connectivity index (χ2n) is 4.96. The van der Waals surface area contributed by atoms with Gasteiger partial charge in [0.2, 0.25) is 10.0 Å². The van der Waals surface area contributed by atoms with E-state index in [2.05, 4.69) is 5.32 Å². The van der Waals surface area contributed by atoms with Gasteiger partial charge in [0.15, 0.2) is 0 Å². The van der Waals surface area contributed by atoms with Crippen LogP contribution in [0.25, 0.3) is 0 Å². The maximum absolute atomic E-state index is 12.4. The average Bonchev–Trinajstić information content (AvgIpc) is 2.64. The standard InChI is InChI=1S/C10H20F2N2O3S/c1-10(15,9(11)12)7-13-6-8-4-3-5-14(8)18(2,16)17/h8-9,13,15H,3-7H2,1-2H3/t8-,10?/m1/s1. The first-order chi connectivity index (χ1) is 8.14. The molecule has 1 aliphatic rings. The van der Waals surface area contributed by atoms with E-state index in [1.54, 1.807) is 0 Å². The van der Waals surface area contributed by atoms with Crippen LogP contribution in [0.2, 0.25) is 0 Å². The van der Waals surface area contributed by atoms with Gasteiger partial charge in [0.1, 0.15) is 5.60 Å². The molecule has 18 heavy (non-hydrogen) atoms. The third-order valence-electron chi connectivity index (χ3n) is 3.08. The molecule has 1 unspecified atom stereocenters. The molecule has 0 saturated carbocycles. The van der Waals surface area contributed by atoms with Crippen molar-refractivity contribution < 1.29 is 22.3 Å². The minimum Gasteiger partial charge on any atom is -0.383 e. The SMILES string of the molecule is CC(O)(CNC[C@H]1CCCN1S(C)(=O)=O)C(F)F. The largest absolute Gasteiger partial charge is 0.383 e. The third kappa shape index (κ3) is 4.11. The minimum atomic E-state index is -3.25. The minimum absolute atomic E-state index is 0.214. The first-order valence-electron chi connectivity index (χ1n) is 5.82. The van der Waals surface area contributed by atoms with Crippen molar-refractivity contribution in [2.24, 2.45) is 0 Å². The molecule has 0 amide bonds. The Labute approximate surface area is 106 Å². The van der Waals surface area contributed by atoms with Crippen LogP contribution >= 0.6 is 0 Å². The number of nitrogens with one attached hydrogen (secondary N) is 1. The summed E-state index contributed by atoms with van der Waals surface area (Å²) in [7, 11) is -3.25. The van der Waals surface area contributed by atoms with E-state index in [0.29, 0.717) is 13.0 Å². The van der Waals surface area contributed by atoms with Crippen molar-refractivity contribution in [1.29, 1.82) is 0 Å². The molecule has 2 atom stereocenters. The molecule has 1 fully saturated rings. The first-order valence-corrected chi connectivity index (χ1v) is 7.67. The molecule has 0 aromatic heterocycles. The van der Waals surface area contributed by atoms with Gasteiger partial charge in [-0.25, -0.2) is 17.2 Å². The monoisotopic (exact) mass is 286 g/mol. The molecule has 5 nitrogen and oxygen atoms in total. The van der Waals surface area contributed by atoms with Gasteiger partial charge in [-0.05, 0) is 19.8 Å². The van der Waals surface area contributed by atoms with Crippen molar-refractivity contribution in [3.8, 4) is 0 Å². The summed E-state index contributed by atoms with van der Waals surface area (Å²) >= 11 is 0. The van der Waals surface area contributed by atoms with E-state index in [4.69, 9.17) is 0 Å². The summed E-state index contributed by atoms with van der Waals surface area (Å²) in [5, 5.41) is 12.1. The maximum Gasteiger partial charge on any atom is 0.267 e. The Bertz CT molecular complexity index is 373. The van der Waals surface area contributed by atoms with E-state index in [-0.39, 0.29) is 19.1 Å². The molecule has 108 valence electrons. The zero-order valence-corrected chi connectivity index (χ0v) is 11.4. The van der Waals surface area contributed by atoms with Crippen LogP contribution in [0.3, 0.4) is 0 Å². The Kier molecular flexibility index (Phi) is 5.05. The number of halogens is 2. The molecule has 8 heteroatoms. The lowest BCUT2D eigenvalue weighted by atomic mass is 10.1. The second-order valence-corrected chi connectivity index (χ2v) is 6.89. The van der Waals surface area contributed by atoms with E-state index < -0.39 is 22.0 Å². The van der Waals surface area contributed by atoms with Crippen molar-refractivity contribution in [1.82, 2.24) is 9.62 Å². The van der Waals surface area contributed by atoms with Crippen LogP contribution in [0.5, 0.6) is 0 Å². The highest BCUT2D eigenvalue weighted by Crippen LogP contribution is 2.20. The topological polar surface area (TPSA) is 69.6 Å². The average molecular weight is 286 g/mol. The molecule has 1 heterocycles. The molecule has 2 N–H and O–H groups in total. The van der Waals surface area contributed by atoms with Crippen LogP contribution in [0.4, 0.5) is 8.78 Å². The molecule has 1 saturated heterocycles. The summed E-state index contributed by atoms with van der Waals surface area (Å²) in [6.07, 6.45) is -0.220. The summed E-state index contributed by atoms with van der Waals surface area (Å²) in [6.45, 7) is 1.53. The fourth-order valence-electron chi connectivity index (χ4n) is 2.02. The fraction of sp³-hybridized carbons (Fsp3) is 1.00. The van der Waals surface area contributed by atoms with Crippen LogP contribution in [-0.4, -0.2) is 61.8 Å². The lowest BCUT2D eigenvalue weighted by Gasteiger charge is -2.26. The number of rotatable bonds is 6. The Balaban J connectivity index is 2.45. The molecule has 0 bridgehead atoms. The second kappa shape index (κ2) is 5.77. The highest BCUT2D eigenvalue weighted by molar-refractivity contribution is 7.88. The third-order valence-corrected chi connectivity index (χ3v) is 4.41. The molecule has 1 aliphatic heterocycles. The number of aliphatic hydroxyl groups is 1. The van der Waals surface area contributed by atoms with Gasteiger partial charge in [-0.3, -0.25) is 0 Å². The summed E-state index contributed by atoms with van der Waals surface area (Å²) < 4.78 is 49.0. The zero-order chi connectivity index (χ0) is 14.0. The molecular weight excluding hydrogens is 266 g/mol. The van der Waals surface area contributed by atoms with E-state index in [0.717, 1.165) is 19.6 Å². The number of sulfonamides is 1. The lowest BCUT2D eigenvalue weighted by Crippen LogP contribution is -2.48. The number of alkyl halides is 2. The van der Waals surface area contributed by atoms with Gasteiger partial charge in [-0.15, -0.1) is 0 Å². The predicted octanol–water partition coefficient (Wildman–Crippen LogP) is 0.0161. The van der Waals surface area contributed by atoms with E-state index in [1.807, 2.05) is 0 Å². The van der Waals surface area contributed by atoms with E-state index >= 15 is 0 Å². The van der Waals surface area contributed by atoms with Gasteiger partial charge in [-0.1, -0.05) is 0 Å². The molecule has 0 aromatic rings. The van der Waals surface area contributed by atoms with Crippen LogP contribution in [0.1, 0.15) is 19.8 Å². The molecule has 1 rings (SSSR count). The van der Waals surface area contributed by atoms with Crippen LogP contribution in [0.15, 0.2) is 0 Å². The van der Waals surface area contributed by atoms with Gasteiger partial charge < -0.3 is 10.4 Å². The summed E-state index contributed by atoms with van der Waals surface area (Å²) in [4.78, 5) is 0. The molecular formula is C10H20F2N2O3S. The van der Waals surface area contributed by atoms with Gasteiger partial charge in [0.05, 0.1) is 6.26 Å². The summed E-state index contributed by atoms with van der Waals surface area (Å²) in [6, 6.07) is -0.214. The first kappa shape index (κ1) is 15.7. The van der Waals surface area contributed by atoms with Gasteiger partial charge in [0, 0.05) is 25.7 Å². The summed E-state index contributed by atoms with van der Waals surface area (Å²) in [5.74, 6) is 0. The molecule has 0 aromatic carbocycles. The highest BCUT2D eigenvalue weighted by atomic mass is 32.2. The molecule has 0 aliphatic carbocycles. The number of hydrogen-bond acceptors (Lipinski definition) is 4. The fourth-order valence-corrected chi connectivity index (χ4v) is 3.20. The smallest absolute Gasteiger partial charge is 0.267 e. The lowest BCUT2D eigenvalue weighted by molar-refractivity contribution is -0.0809. The van der Waals surface area contributed by atoms with Gasteiger partial charge in [0.25, 0.3) is 6.43 Å². The van der Waals surface area contributed by atoms with Crippen molar-refractivity contribution >= 4 is 10.0 Å². The predicted molar refractivity (Wildman–Crippen MR) is 64.1 cm³/mol. The van der Waals surface area contributed by atoms with Crippen molar-refractivity contribution in [3.63, 3.8) is 0 Å². The van der Waals surface area contributed by atoms with E-state index in [9.17, 15) is 22.3 Å². The zero-order valence-electron chi connectivity index (χ0n) is 10.6. The van der Waals surface area contributed by atoms with Gasteiger partial charge >= 0.3 is 0 Å². The Morgan fingerprint density at radius 1 is 1.56 bits per heavy atom. The molecule has 0 spiro atoms. The molecule has 0 radical (unpaired) electrons. The Morgan fingerprint density at radius 2 is 2.17 bits per heavy atom. The quantitative estimate of drug-likeness (QED) is 0.722. The Hall–Kier alpha value is -0.310. The van der Waals surface area contributed by atoms with Gasteiger partial charge in [-0.2, -0.15) is 4.31 Å². The van der Waals surface area contributed by atoms with E-state index in [1.165, 1.54) is 4.31 Å². The van der Waals surface area contributed by atoms with Crippen LogP contribution < -0.4 is 5.32 Å². The van der Waals surface area contributed by atoms with Crippen LogP contribution in [-0.2, 0) is 10.0 Å².